The molecule has 2 saturated carbocycles. The van der Waals surface area contributed by atoms with Gasteiger partial charge in [0.2, 0.25) is 0 Å². The number of amides is 1. The molecular weight excluding hydrogens is 911 g/mol. The third kappa shape index (κ3) is 13.7. The Labute approximate surface area is 394 Å². The number of halogens is 6. The van der Waals surface area contributed by atoms with Crippen molar-refractivity contribution in [3.8, 4) is 0 Å². The van der Waals surface area contributed by atoms with Crippen LogP contribution in [0.5, 0.6) is 0 Å². The molecule has 0 spiro atoms. The fraction of sp³-hybridized carbons (Fsp3) is 0.400. The Morgan fingerprint density at radius 2 is 1.04 bits per heavy atom. The number of nitrogens with two attached hydrogens (primary N) is 1. The lowest BCUT2D eigenvalue weighted by molar-refractivity contribution is -0.150. The zero-order valence-corrected chi connectivity index (χ0v) is 38.1. The average molecular weight is 965 g/mol. The van der Waals surface area contributed by atoms with E-state index in [1.165, 1.54) is 41.2 Å². The van der Waals surface area contributed by atoms with Crippen molar-refractivity contribution in [1.29, 1.82) is 0 Å². The topological polar surface area (TPSA) is 180 Å². The first-order valence-corrected chi connectivity index (χ1v) is 22.7. The molecule has 0 radical (unpaired) electrons. The molecule has 2 aliphatic rings. The molecule has 4 N–H and O–H groups in total. The Hall–Kier alpha value is -6.76. The third-order valence-corrected chi connectivity index (χ3v) is 12.1. The maximum atomic E-state index is 13.1. The Morgan fingerprint density at radius 3 is 1.45 bits per heavy atom. The number of aromatic nitrogens is 4. The molecular formula is C50H54F6N6O7. The molecule has 6 aromatic rings. The molecule has 4 aromatic heterocycles. The van der Waals surface area contributed by atoms with E-state index in [4.69, 9.17) is 15.2 Å². The minimum absolute atomic E-state index is 0.0376. The molecule has 0 bridgehead atoms. The first-order valence-electron chi connectivity index (χ1n) is 22.7. The number of carbonyl (C=O) groups is 4. The molecule has 0 aliphatic heterocycles. The number of ether oxygens (including phenoxy) is 2. The van der Waals surface area contributed by atoms with Crippen LogP contribution < -0.4 is 11.1 Å². The van der Waals surface area contributed by atoms with Crippen molar-refractivity contribution in [2.75, 3.05) is 13.2 Å². The van der Waals surface area contributed by atoms with Gasteiger partial charge in [-0.2, -0.15) is 36.5 Å². The molecule has 0 atom stereocenters. The molecule has 8 rings (SSSR count). The van der Waals surface area contributed by atoms with Crippen LogP contribution in [-0.2, 0) is 44.3 Å². The fourth-order valence-electron chi connectivity index (χ4n) is 8.51. The number of hydrogen-bond donors (Lipinski definition) is 3. The number of aromatic carboxylic acids is 1. The van der Waals surface area contributed by atoms with Gasteiger partial charge in [0.15, 0.2) is 0 Å². The lowest BCUT2D eigenvalue weighted by Crippen LogP contribution is -2.39. The normalized spacial score (nSPS) is 18.3. The number of benzene rings is 2. The first kappa shape index (κ1) is 51.6. The monoisotopic (exact) mass is 964 g/mol. The van der Waals surface area contributed by atoms with E-state index < -0.39 is 29.4 Å². The highest BCUT2D eigenvalue weighted by molar-refractivity contribution is 6.01. The largest absolute Gasteiger partial charge is 0.478 e. The van der Waals surface area contributed by atoms with Crippen molar-refractivity contribution in [3.05, 3.63) is 142 Å². The first-order chi connectivity index (χ1) is 32.9. The second-order valence-electron chi connectivity index (χ2n) is 17.0. The molecule has 19 heteroatoms. The van der Waals surface area contributed by atoms with E-state index in [1.54, 1.807) is 42.0 Å². The summed E-state index contributed by atoms with van der Waals surface area (Å²) in [6.45, 7) is 4.47. The highest BCUT2D eigenvalue weighted by atomic mass is 19.4. The molecule has 4 heterocycles. The van der Waals surface area contributed by atoms with Crippen molar-refractivity contribution in [3.63, 3.8) is 0 Å². The van der Waals surface area contributed by atoms with Crippen LogP contribution in [0.2, 0.25) is 0 Å². The van der Waals surface area contributed by atoms with Gasteiger partial charge < -0.3 is 25.6 Å². The number of hydrogen-bond acceptors (Lipinski definition) is 9. The molecule has 2 fully saturated rings. The average Bonchev–Trinajstić information content (AvgIpc) is 3.97. The number of pyridine rings is 2. The van der Waals surface area contributed by atoms with Gasteiger partial charge in [0.1, 0.15) is 5.56 Å². The number of carboxylic acids is 1. The summed E-state index contributed by atoms with van der Waals surface area (Å²) in [5, 5.41) is 20.5. The standard InChI is InChI=1S/C25H26F3N3O3.C16H11F3N2O2.C9H17NO2/c1-2-34-24(33)17-7-11-20(12-8-17)30-23(32)21-15-29-31-13-3-4-18(22(21)31)14-16-5-9-19(10-6-16)25(26,27)28;17-16(18,19)12-5-3-10(4-6-12)8-11-2-1-7-21-14(11)13(9-20-21)15(22)23;1-2-12-9(11)7-3-5-8(10)6-4-7/h3-6,9-10,13,15,17,20H,2,7-8,11-12,14H2,1H3,(H,30,32);1-7,9H,8H2,(H,22,23);7-8H,2-6,10H2,1H3. The van der Waals surface area contributed by atoms with E-state index in [0.29, 0.717) is 91.1 Å². The lowest BCUT2D eigenvalue weighted by atomic mass is 9.86. The lowest BCUT2D eigenvalue weighted by Gasteiger charge is -2.27. The molecule has 69 heavy (non-hydrogen) atoms. The van der Waals surface area contributed by atoms with E-state index in [1.807, 2.05) is 13.0 Å². The number of carbonyl (C=O) groups excluding carboxylic acids is 3. The third-order valence-electron chi connectivity index (χ3n) is 12.1. The number of rotatable bonds is 11. The van der Waals surface area contributed by atoms with Gasteiger partial charge in [0.05, 0.1) is 65.2 Å². The van der Waals surface area contributed by atoms with Crippen molar-refractivity contribution >= 4 is 34.8 Å². The van der Waals surface area contributed by atoms with E-state index in [2.05, 4.69) is 15.5 Å². The Balaban J connectivity index is 0.000000191. The van der Waals surface area contributed by atoms with Gasteiger partial charge in [0.25, 0.3) is 5.91 Å². The minimum Gasteiger partial charge on any atom is -0.478 e. The van der Waals surface area contributed by atoms with Crippen molar-refractivity contribution < 1.29 is 60.1 Å². The molecule has 368 valence electrons. The zero-order valence-electron chi connectivity index (χ0n) is 38.1. The highest BCUT2D eigenvalue weighted by Crippen LogP contribution is 2.32. The maximum Gasteiger partial charge on any atom is 0.416 e. The van der Waals surface area contributed by atoms with Gasteiger partial charge in [-0.05, 0) is 137 Å². The summed E-state index contributed by atoms with van der Waals surface area (Å²) in [4.78, 5) is 47.5. The van der Waals surface area contributed by atoms with Crippen LogP contribution in [-0.4, -0.2) is 73.4 Å². The predicted octanol–water partition coefficient (Wildman–Crippen LogP) is 9.50. The molecule has 13 nitrogen and oxygen atoms in total. The van der Waals surface area contributed by atoms with E-state index in [-0.39, 0.29) is 41.3 Å². The Bertz CT molecular complexity index is 2680. The van der Waals surface area contributed by atoms with Crippen LogP contribution in [0.25, 0.3) is 11.0 Å². The second kappa shape index (κ2) is 23.0. The predicted molar refractivity (Wildman–Crippen MR) is 242 cm³/mol. The van der Waals surface area contributed by atoms with Gasteiger partial charge in [-0.15, -0.1) is 0 Å². The van der Waals surface area contributed by atoms with Gasteiger partial charge in [-0.1, -0.05) is 36.4 Å². The van der Waals surface area contributed by atoms with Crippen LogP contribution in [0.3, 0.4) is 0 Å². The summed E-state index contributed by atoms with van der Waals surface area (Å²) in [7, 11) is 0. The summed E-state index contributed by atoms with van der Waals surface area (Å²) < 4.78 is 89.4. The van der Waals surface area contributed by atoms with Crippen molar-refractivity contribution in [2.45, 2.75) is 102 Å². The summed E-state index contributed by atoms with van der Waals surface area (Å²) in [5.41, 5.74) is 8.68. The number of carboxylic acid groups (broad SMARTS) is 1. The van der Waals surface area contributed by atoms with Gasteiger partial charge in [0, 0.05) is 24.5 Å². The quantitative estimate of drug-likeness (QED) is 0.0837. The summed E-state index contributed by atoms with van der Waals surface area (Å²) >= 11 is 0. The number of nitrogens with one attached hydrogen (secondary N) is 1. The van der Waals surface area contributed by atoms with Crippen LogP contribution in [0.1, 0.15) is 119 Å². The summed E-state index contributed by atoms with van der Waals surface area (Å²) in [5.74, 6) is -1.58. The highest BCUT2D eigenvalue weighted by Gasteiger charge is 2.32. The van der Waals surface area contributed by atoms with Gasteiger partial charge in [-0.25, -0.2) is 13.8 Å². The van der Waals surface area contributed by atoms with Crippen LogP contribution in [0.4, 0.5) is 26.3 Å². The Morgan fingerprint density at radius 1 is 0.638 bits per heavy atom. The van der Waals surface area contributed by atoms with E-state index in [9.17, 15) is 50.6 Å². The number of fused-ring (bicyclic) bond motifs is 2. The molecule has 0 saturated heterocycles. The van der Waals surface area contributed by atoms with Crippen LogP contribution in [0.15, 0.2) is 97.6 Å². The number of nitrogens with zero attached hydrogens (tertiary/aromatic N) is 4. The molecule has 0 unspecified atom stereocenters. The fourth-order valence-corrected chi connectivity index (χ4v) is 8.51. The minimum atomic E-state index is -4.38. The number of alkyl halides is 6. The number of esters is 2. The van der Waals surface area contributed by atoms with Gasteiger partial charge in [-0.3, -0.25) is 14.4 Å². The zero-order chi connectivity index (χ0) is 49.9. The summed E-state index contributed by atoms with van der Waals surface area (Å²) in [6, 6.07) is 17.2. The second-order valence-corrected chi connectivity index (χ2v) is 17.0. The summed E-state index contributed by atoms with van der Waals surface area (Å²) in [6.07, 6.45) is 4.46. The Kier molecular flexibility index (Phi) is 17.2. The van der Waals surface area contributed by atoms with Crippen molar-refractivity contribution in [1.82, 2.24) is 24.5 Å². The SMILES string of the molecule is CCOC(=O)C1CCC(N)CC1.CCOC(=O)C1CCC(NC(=O)c2cnn3cccc(Cc4ccc(C(F)(F)F)cc4)c23)CC1.O=C(O)c1cnn2cccc(Cc3ccc(C(F)(F)F)cc3)c12. The molecule has 2 aliphatic carbocycles. The van der Waals surface area contributed by atoms with E-state index >= 15 is 0 Å². The van der Waals surface area contributed by atoms with Crippen molar-refractivity contribution in [2.24, 2.45) is 17.6 Å². The maximum absolute atomic E-state index is 13.1. The van der Waals surface area contributed by atoms with Crippen LogP contribution >= 0.6 is 0 Å². The molecule has 1 amide bonds. The molecule has 2 aromatic carbocycles. The van der Waals surface area contributed by atoms with Crippen LogP contribution in [0, 0.1) is 11.8 Å². The smallest absolute Gasteiger partial charge is 0.416 e. The van der Waals surface area contributed by atoms with Gasteiger partial charge >= 0.3 is 30.3 Å². The van der Waals surface area contributed by atoms with E-state index in [0.717, 1.165) is 55.5 Å².